The average molecular weight is 1630 g/mol. The minimum Gasteiger partial charge on any atom is -0.493 e. The molecule has 3 aliphatic heterocycles. The highest BCUT2D eigenvalue weighted by Gasteiger charge is 2.49. The molecule has 2 N–H and O–H groups in total. The van der Waals surface area contributed by atoms with E-state index in [2.05, 4.69) is 0 Å². The van der Waals surface area contributed by atoms with Gasteiger partial charge < -0.3 is 52.8 Å². The van der Waals surface area contributed by atoms with Crippen LogP contribution in [0, 0.1) is 0 Å². The number of ether oxygens (including phenoxy) is 9. The molecule has 0 fully saturated rings. The molecule has 2 atom stereocenters. The monoisotopic (exact) mass is 1630 g/mol. The molecule has 0 bridgehead atoms. The van der Waals surface area contributed by atoms with Crippen LogP contribution in [-0.4, -0.2) is 130 Å². The normalized spacial score (nSPS) is 14.4. The fourth-order valence-electron chi connectivity index (χ4n) is 12.7. The minimum atomic E-state index is -4.68. The van der Waals surface area contributed by atoms with Gasteiger partial charge in [0.05, 0.1) is 124 Å². The number of hydrogen-bond donors (Lipinski definition) is 2. The van der Waals surface area contributed by atoms with Crippen LogP contribution < -0.4 is 43.1 Å². The Balaban J connectivity index is 0.000000192. The third-order valence-electron chi connectivity index (χ3n) is 16.9. The zero-order valence-electron chi connectivity index (χ0n) is 59.6. The molecule has 0 radical (unpaired) electrons. The second-order valence-corrected chi connectivity index (χ2v) is 25.5. The van der Waals surface area contributed by atoms with E-state index in [4.69, 9.17) is 77.4 Å². The number of amides is 4. The molecule has 112 heavy (non-hydrogen) atoms. The number of aliphatic hydroxyl groups excluding tert-OH is 2. The number of hydrogen-bond acceptors (Lipinski definition) is 18. The Morgan fingerprint density at radius 1 is 0.366 bits per heavy atom. The fraction of sp³-hybridized carbons (Fsp3) is 0.304. The van der Waals surface area contributed by atoms with Crippen molar-refractivity contribution in [2.45, 2.75) is 99.2 Å². The average Bonchev–Trinajstić information content (AvgIpc) is 1.57. The maximum Gasteiger partial charge on any atom is 0.422 e. The summed E-state index contributed by atoms with van der Waals surface area (Å²) in [5.74, 6) is -5.31. The quantitative estimate of drug-likeness (QED) is 0.0247. The highest BCUT2D eigenvalue weighted by molar-refractivity contribution is 6.42. The van der Waals surface area contributed by atoms with Gasteiger partial charge in [-0.25, -0.2) is 4.90 Å². The number of fused-ring (bicyclic) bond motifs is 6. The van der Waals surface area contributed by atoms with E-state index in [-0.39, 0.29) is 182 Å². The van der Waals surface area contributed by atoms with Crippen LogP contribution in [0.3, 0.4) is 0 Å². The van der Waals surface area contributed by atoms with Gasteiger partial charge in [-0.3, -0.25) is 43.4 Å². The molecule has 3 aliphatic rings. The van der Waals surface area contributed by atoms with Crippen molar-refractivity contribution in [1.82, 2.24) is 0 Å². The summed E-state index contributed by atoms with van der Waals surface area (Å²) < 4.78 is 165. The Morgan fingerprint density at radius 3 is 0.920 bits per heavy atom. The van der Waals surface area contributed by atoms with E-state index in [0.717, 1.165) is 14.7 Å². The molecule has 33 heteroatoms. The van der Waals surface area contributed by atoms with Crippen LogP contribution in [-0.2, 0) is 47.9 Å². The number of carbonyl (C=O) groups excluding carboxylic acids is 7. The molecule has 9 aromatic rings. The first-order valence-corrected chi connectivity index (χ1v) is 35.3. The Labute approximate surface area is 648 Å². The highest BCUT2D eigenvalue weighted by atomic mass is 35.5. The lowest BCUT2D eigenvalue weighted by Gasteiger charge is -2.23. The van der Waals surface area contributed by atoms with E-state index in [1.54, 1.807) is 108 Å². The molecule has 12 rings (SSSR count). The van der Waals surface area contributed by atoms with Gasteiger partial charge in [0.1, 0.15) is 34.5 Å². The van der Waals surface area contributed by atoms with Crippen LogP contribution >= 0.6 is 34.8 Å². The van der Waals surface area contributed by atoms with Gasteiger partial charge in [-0.2, -0.15) is 39.5 Å². The maximum atomic E-state index is 13.7. The van der Waals surface area contributed by atoms with Crippen LogP contribution in [0.1, 0.15) is 131 Å². The number of alkyl halides is 9. The van der Waals surface area contributed by atoms with E-state index in [9.17, 15) is 83.3 Å². The molecule has 9 aromatic carbocycles. The molecule has 21 nitrogen and oxygen atoms in total. The number of nitrogens with zero attached hydrogens (tertiary/aromatic N) is 3. The molecule has 0 aliphatic carbocycles. The Morgan fingerprint density at radius 2 is 0.625 bits per heavy atom. The van der Waals surface area contributed by atoms with Crippen molar-refractivity contribution in [3.05, 3.63) is 193 Å². The van der Waals surface area contributed by atoms with E-state index in [0.29, 0.717) is 32.8 Å². The third kappa shape index (κ3) is 18.2. The van der Waals surface area contributed by atoms with Crippen molar-refractivity contribution in [3.8, 4) is 34.5 Å². The van der Waals surface area contributed by atoms with Gasteiger partial charge in [0.15, 0.2) is 32.3 Å². The number of benzene rings is 9. The van der Waals surface area contributed by atoms with Crippen LogP contribution in [0.15, 0.2) is 127 Å². The lowest BCUT2D eigenvalue weighted by Crippen LogP contribution is -2.30. The van der Waals surface area contributed by atoms with Crippen LogP contribution in [0.5, 0.6) is 34.5 Å². The molecule has 0 spiro atoms. The van der Waals surface area contributed by atoms with Crippen LogP contribution in [0.25, 0.3) is 32.3 Å². The summed E-state index contributed by atoms with van der Waals surface area (Å²) in [5, 5.41) is 24.4. The Hall–Kier alpha value is -10.8. The van der Waals surface area contributed by atoms with Crippen LogP contribution in [0.2, 0.25) is 15.1 Å². The predicted octanol–water partition coefficient (Wildman–Crippen LogP) is 17.6. The molecule has 3 heterocycles. The summed E-state index contributed by atoms with van der Waals surface area (Å²) >= 11 is 19.3. The Kier molecular flexibility index (Phi) is 27.2. The number of imide groups is 1. The van der Waals surface area contributed by atoms with Gasteiger partial charge >= 0.3 is 36.4 Å². The Bertz CT molecular complexity index is 5050. The van der Waals surface area contributed by atoms with Gasteiger partial charge in [-0.1, -0.05) is 133 Å². The molecule has 0 saturated carbocycles. The summed E-state index contributed by atoms with van der Waals surface area (Å²) in [7, 11) is 0. The first-order chi connectivity index (χ1) is 52.7. The van der Waals surface area contributed by atoms with Crippen molar-refractivity contribution in [1.29, 1.82) is 0 Å². The van der Waals surface area contributed by atoms with Crippen LogP contribution in [0.4, 0.5) is 56.6 Å². The molecule has 2 unspecified atom stereocenters. The largest absolute Gasteiger partial charge is 0.493 e. The first-order valence-electron chi connectivity index (χ1n) is 34.2. The third-order valence-corrected chi connectivity index (χ3v) is 17.8. The van der Waals surface area contributed by atoms with Crippen molar-refractivity contribution >= 4 is 126 Å². The van der Waals surface area contributed by atoms with E-state index in [1.807, 2.05) is 0 Å². The lowest BCUT2D eigenvalue weighted by molar-refractivity contribution is -0.154. The van der Waals surface area contributed by atoms with E-state index in [1.165, 1.54) is 60.7 Å². The topological polar surface area (TPSA) is 253 Å². The number of rotatable bonds is 24. The molecular formula is C79H71Cl3F9N3O18. The summed E-state index contributed by atoms with van der Waals surface area (Å²) in [5.41, 5.74) is 0.610. The zero-order valence-corrected chi connectivity index (χ0v) is 61.8. The molecule has 4 amide bonds. The number of halogens is 12. The predicted molar refractivity (Wildman–Crippen MR) is 397 cm³/mol. The van der Waals surface area contributed by atoms with Crippen molar-refractivity contribution in [3.63, 3.8) is 0 Å². The maximum absolute atomic E-state index is 13.7. The molecule has 594 valence electrons. The lowest BCUT2D eigenvalue weighted by atomic mass is 9.98. The van der Waals surface area contributed by atoms with Crippen molar-refractivity contribution < 1.29 is 126 Å². The van der Waals surface area contributed by atoms with Gasteiger partial charge in [0.25, 0.3) is 23.6 Å². The van der Waals surface area contributed by atoms with Gasteiger partial charge in [-0.15, -0.1) is 0 Å². The second kappa shape index (κ2) is 35.7. The summed E-state index contributed by atoms with van der Waals surface area (Å²) in [6.07, 6.45) is -17.5. The second-order valence-electron chi connectivity index (χ2n) is 24.3. The highest BCUT2D eigenvalue weighted by Crippen LogP contribution is 2.54. The van der Waals surface area contributed by atoms with Gasteiger partial charge in [0, 0.05) is 32.3 Å². The number of esters is 3. The number of carbonyl (C=O) groups is 7. The van der Waals surface area contributed by atoms with Gasteiger partial charge in [0.2, 0.25) is 0 Å². The van der Waals surface area contributed by atoms with E-state index < -0.39 is 92.3 Å². The number of anilines is 3. The fourth-order valence-corrected chi connectivity index (χ4v) is 13.6. The molecule has 0 saturated heterocycles. The summed E-state index contributed by atoms with van der Waals surface area (Å²) in [4.78, 5) is 92.7. The zero-order chi connectivity index (χ0) is 80.7. The number of aliphatic hydroxyl groups is 2. The first kappa shape index (κ1) is 85.2. The SMILES string of the molecule is C.CCOC(=O)Cc1ccc(N2C(=O)c3c(c(OCC(F)(F)F)c4ccccc4c3OCC)C2=O)c(Cl)c1.CCOC(=O)Cc1ccc(N2C(=O)c3c(c(OCC(F)(F)F)c4ccccc4c3OCC)C2O)c(Cl)c1.CCOC(=O)Cc1ccc(N2C(=O)c3c(c(OCC)c4ccccc4c3OCC(F)(F)F)C2O)c(Cl)c1. The van der Waals surface area contributed by atoms with Crippen molar-refractivity contribution in [2.75, 3.05) is 74.2 Å². The minimum absolute atomic E-state index is 0. The molecular weight excluding hydrogens is 1560 g/mol. The summed E-state index contributed by atoms with van der Waals surface area (Å²) in [6, 6.07) is 32.2. The van der Waals surface area contributed by atoms with E-state index >= 15 is 0 Å². The summed E-state index contributed by atoms with van der Waals surface area (Å²) in [6.45, 7) is 6.27. The van der Waals surface area contributed by atoms with Crippen molar-refractivity contribution in [2.24, 2.45) is 0 Å². The smallest absolute Gasteiger partial charge is 0.422 e. The standard InChI is InChI=1S/2C26H23ClF3NO6.C26H21ClF3NO6.CH4/c3*1-3-35-19(32)12-14-9-10-18(17(27)11-14)31-24(33)20-21(25(31)34)23(37-13-26(28,29)30)16-8-6-5-7-15(16)22(20)36-4-2;/h5-11,25,34H,3-4,12-13H2,1-2H3;5-11,24,33H,3-4,12-13H2,1-2H3;5-11H,3-4,12-13H2,1-2H3;1H4. The molecule has 0 aromatic heterocycles. The van der Waals surface area contributed by atoms with Gasteiger partial charge in [-0.05, 0) is 94.6 Å².